The van der Waals surface area contributed by atoms with E-state index in [1.807, 2.05) is 29.1 Å². The fourth-order valence-corrected chi connectivity index (χ4v) is 3.58. The molecule has 0 fully saturated rings. The lowest BCUT2D eigenvalue weighted by atomic mass is 10.1. The number of para-hydroxylation sites is 1. The maximum atomic E-state index is 13.0. The van der Waals surface area contributed by atoms with Crippen LogP contribution in [0.4, 0.5) is 0 Å². The fraction of sp³-hybridized carbons (Fsp3) is 0.421. The fourth-order valence-electron chi connectivity index (χ4n) is 3.58. The highest BCUT2D eigenvalue weighted by Crippen LogP contribution is 2.25. The van der Waals surface area contributed by atoms with Crippen molar-refractivity contribution in [3.8, 4) is 0 Å². The number of carbonyl (C=O) groups excluding carboxylic acids is 1. The van der Waals surface area contributed by atoms with Gasteiger partial charge in [0, 0.05) is 36.7 Å². The van der Waals surface area contributed by atoms with Gasteiger partial charge in [0.05, 0.1) is 11.6 Å². The lowest BCUT2D eigenvalue weighted by Crippen LogP contribution is -2.33. The Morgan fingerprint density at radius 3 is 3.04 bits per heavy atom. The van der Waals surface area contributed by atoms with Gasteiger partial charge in [0.15, 0.2) is 0 Å². The summed E-state index contributed by atoms with van der Waals surface area (Å²) in [5.74, 6) is 0.798. The maximum Gasteiger partial charge on any atom is 0.254 e. The lowest BCUT2D eigenvalue weighted by molar-refractivity contribution is 0.0928. The number of hydrogen-bond acceptors (Lipinski definition) is 4. The Balaban J connectivity index is 1.61. The summed E-state index contributed by atoms with van der Waals surface area (Å²) in [5.41, 5.74) is 1.81. The molecular formula is C19H24N6O. The van der Waals surface area contributed by atoms with Crippen molar-refractivity contribution in [1.82, 2.24) is 29.5 Å². The van der Waals surface area contributed by atoms with E-state index in [0.717, 1.165) is 54.8 Å². The van der Waals surface area contributed by atoms with Crippen molar-refractivity contribution in [1.29, 1.82) is 0 Å². The molecule has 0 aliphatic carbocycles. The summed E-state index contributed by atoms with van der Waals surface area (Å²) in [7, 11) is 4.11. The summed E-state index contributed by atoms with van der Waals surface area (Å²) < 4.78 is 4.04. The van der Waals surface area contributed by atoms with Gasteiger partial charge in [-0.15, -0.1) is 0 Å². The Bertz CT molecular complexity index is 925. The summed E-state index contributed by atoms with van der Waals surface area (Å²) in [5, 5.41) is 8.38. The van der Waals surface area contributed by atoms with Gasteiger partial charge in [-0.05, 0) is 33.0 Å². The van der Waals surface area contributed by atoms with Gasteiger partial charge in [0.1, 0.15) is 12.2 Å². The van der Waals surface area contributed by atoms with Gasteiger partial charge in [-0.1, -0.05) is 18.2 Å². The Kier molecular flexibility index (Phi) is 4.46. The molecule has 2 aromatic heterocycles. The second-order valence-corrected chi connectivity index (χ2v) is 7.07. The van der Waals surface area contributed by atoms with E-state index >= 15 is 0 Å². The van der Waals surface area contributed by atoms with Crippen LogP contribution in [0.15, 0.2) is 36.8 Å². The summed E-state index contributed by atoms with van der Waals surface area (Å²) >= 11 is 0. The molecule has 0 saturated heterocycles. The molecule has 3 aromatic rings. The van der Waals surface area contributed by atoms with Crippen LogP contribution in [0.1, 0.15) is 35.1 Å². The van der Waals surface area contributed by atoms with Crippen LogP contribution in [0.2, 0.25) is 0 Å². The molecular weight excluding hydrogens is 328 g/mol. The monoisotopic (exact) mass is 352 g/mol. The Morgan fingerprint density at radius 2 is 2.19 bits per heavy atom. The van der Waals surface area contributed by atoms with Gasteiger partial charge < -0.3 is 14.8 Å². The largest absolute Gasteiger partial charge is 0.345 e. The number of hydrogen-bond donors (Lipinski definition) is 1. The van der Waals surface area contributed by atoms with E-state index in [1.165, 1.54) is 0 Å². The molecule has 1 amide bonds. The van der Waals surface area contributed by atoms with E-state index in [0.29, 0.717) is 0 Å². The molecule has 0 bridgehead atoms. The Labute approximate surface area is 152 Å². The summed E-state index contributed by atoms with van der Waals surface area (Å²) in [6.07, 6.45) is 5.42. The highest BCUT2D eigenvalue weighted by molar-refractivity contribution is 6.07. The Hall–Kier alpha value is -2.67. The Morgan fingerprint density at radius 1 is 1.35 bits per heavy atom. The molecule has 3 heterocycles. The number of carbonyl (C=O) groups is 1. The molecule has 1 N–H and O–H groups in total. The van der Waals surface area contributed by atoms with Crippen molar-refractivity contribution in [2.24, 2.45) is 0 Å². The van der Waals surface area contributed by atoms with E-state index in [4.69, 9.17) is 0 Å². The van der Waals surface area contributed by atoms with Gasteiger partial charge in [-0.25, -0.2) is 9.67 Å². The first-order valence-corrected chi connectivity index (χ1v) is 9.04. The van der Waals surface area contributed by atoms with Crippen LogP contribution in [-0.2, 0) is 13.1 Å². The van der Waals surface area contributed by atoms with Crippen LogP contribution in [0.25, 0.3) is 10.9 Å². The highest BCUT2D eigenvalue weighted by Gasteiger charge is 2.25. The quantitative estimate of drug-likeness (QED) is 0.763. The minimum Gasteiger partial charge on any atom is -0.345 e. The number of amides is 1. The van der Waals surface area contributed by atoms with Gasteiger partial charge in [0.2, 0.25) is 0 Å². The number of nitrogens with zero attached hydrogens (tertiary/aromatic N) is 5. The van der Waals surface area contributed by atoms with Crippen molar-refractivity contribution >= 4 is 16.8 Å². The van der Waals surface area contributed by atoms with Crippen molar-refractivity contribution in [3.63, 3.8) is 0 Å². The van der Waals surface area contributed by atoms with E-state index in [2.05, 4.69) is 45.0 Å². The van der Waals surface area contributed by atoms with E-state index in [9.17, 15) is 4.79 Å². The summed E-state index contributed by atoms with van der Waals surface area (Å²) in [6.45, 7) is 2.63. The molecule has 0 saturated carbocycles. The minimum absolute atomic E-state index is 0.0498. The van der Waals surface area contributed by atoms with Crippen LogP contribution in [0.3, 0.4) is 0 Å². The number of likely N-dealkylation sites (N-methyl/N-ethyl adjacent to an activating group) is 1. The maximum absolute atomic E-state index is 13.0. The molecule has 136 valence electrons. The third-order valence-electron chi connectivity index (χ3n) is 4.95. The third kappa shape index (κ3) is 3.10. The van der Waals surface area contributed by atoms with Gasteiger partial charge in [0.25, 0.3) is 5.91 Å². The van der Waals surface area contributed by atoms with Crippen LogP contribution in [0.5, 0.6) is 0 Å². The van der Waals surface area contributed by atoms with E-state index < -0.39 is 0 Å². The average molecular weight is 352 g/mol. The first-order valence-electron chi connectivity index (χ1n) is 9.04. The van der Waals surface area contributed by atoms with Gasteiger partial charge >= 0.3 is 0 Å². The predicted molar refractivity (Wildman–Crippen MR) is 100.0 cm³/mol. The van der Waals surface area contributed by atoms with Crippen LogP contribution in [0, 0.1) is 0 Å². The van der Waals surface area contributed by atoms with Gasteiger partial charge in [-0.3, -0.25) is 4.79 Å². The molecule has 1 aromatic carbocycles. The number of rotatable bonds is 5. The highest BCUT2D eigenvalue weighted by atomic mass is 16.1. The number of fused-ring (bicyclic) bond motifs is 2. The standard InChI is InChI=1S/C19H24N6O/c1-23(2)10-11-24-12-15(14-6-3-4-8-17(14)24)19(26)22-16-7-5-9-25-18(16)20-13-21-25/h3-4,6,8,12-13,16H,5,7,9-11H2,1-2H3,(H,22,26)/t16-/m1/s1. The zero-order valence-electron chi connectivity index (χ0n) is 15.2. The molecule has 4 rings (SSSR count). The predicted octanol–water partition coefficient (Wildman–Crippen LogP) is 2.06. The normalized spacial score (nSPS) is 16.8. The number of aryl methyl sites for hydroxylation is 1. The van der Waals surface area contributed by atoms with Crippen LogP contribution in [-0.4, -0.2) is 50.8 Å². The first kappa shape index (κ1) is 16.8. The topological polar surface area (TPSA) is 68.0 Å². The lowest BCUT2D eigenvalue weighted by Gasteiger charge is -2.23. The van der Waals surface area contributed by atoms with E-state index in [-0.39, 0.29) is 11.9 Å². The van der Waals surface area contributed by atoms with Gasteiger partial charge in [-0.2, -0.15) is 5.10 Å². The smallest absolute Gasteiger partial charge is 0.254 e. The van der Waals surface area contributed by atoms with Crippen molar-refractivity contribution in [2.45, 2.75) is 32.0 Å². The number of aromatic nitrogens is 4. The number of nitrogens with one attached hydrogen (secondary N) is 1. The summed E-state index contributed by atoms with van der Waals surface area (Å²) in [4.78, 5) is 19.5. The van der Waals surface area contributed by atoms with Crippen molar-refractivity contribution in [3.05, 3.63) is 48.2 Å². The van der Waals surface area contributed by atoms with Crippen LogP contribution >= 0.6 is 0 Å². The number of benzene rings is 1. The first-order chi connectivity index (χ1) is 12.6. The molecule has 1 atom stereocenters. The summed E-state index contributed by atoms with van der Waals surface area (Å²) in [6, 6.07) is 7.99. The molecule has 0 spiro atoms. The zero-order chi connectivity index (χ0) is 18.1. The molecule has 7 heteroatoms. The zero-order valence-corrected chi connectivity index (χ0v) is 15.2. The van der Waals surface area contributed by atoms with E-state index in [1.54, 1.807) is 6.33 Å². The molecule has 0 radical (unpaired) electrons. The minimum atomic E-state index is -0.0809. The SMILES string of the molecule is CN(C)CCn1cc(C(=O)N[C@@H]2CCCn3ncnc32)c2ccccc21. The van der Waals surface area contributed by atoms with Crippen molar-refractivity contribution < 1.29 is 4.79 Å². The van der Waals surface area contributed by atoms with Crippen LogP contribution < -0.4 is 5.32 Å². The molecule has 26 heavy (non-hydrogen) atoms. The molecule has 1 aliphatic rings. The molecule has 7 nitrogen and oxygen atoms in total. The average Bonchev–Trinajstić information content (AvgIpc) is 3.25. The third-order valence-corrected chi connectivity index (χ3v) is 4.95. The second-order valence-electron chi connectivity index (χ2n) is 7.07. The molecule has 1 aliphatic heterocycles. The second kappa shape index (κ2) is 6.92. The van der Waals surface area contributed by atoms with Crippen molar-refractivity contribution in [2.75, 3.05) is 20.6 Å². The molecule has 0 unspecified atom stereocenters.